The minimum atomic E-state index is -0.914. The molecule has 5 heteroatoms. The number of aromatic nitrogens is 2. The van der Waals surface area contributed by atoms with E-state index in [-0.39, 0.29) is 0 Å². The van der Waals surface area contributed by atoms with Crippen molar-refractivity contribution in [3.05, 3.63) is 17.7 Å². The highest BCUT2D eigenvalue weighted by Gasteiger charge is 2.17. The zero-order chi connectivity index (χ0) is 10.9. The number of carbonyl (C=O) groups is 1. The lowest BCUT2D eigenvalue weighted by atomic mass is 10.3. The Labute approximate surface area is 82.0 Å². The van der Waals surface area contributed by atoms with Crippen molar-refractivity contribution >= 4 is 5.97 Å². The molecule has 1 aromatic rings. The van der Waals surface area contributed by atoms with Gasteiger partial charge >= 0.3 is 5.97 Å². The van der Waals surface area contributed by atoms with E-state index in [0.717, 1.165) is 0 Å². The maximum absolute atomic E-state index is 10.7. The highest BCUT2D eigenvalue weighted by molar-refractivity contribution is 5.71. The molecule has 0 fully saturated rings. The summed E-state index contributed by atoms with van der Waals surface area (Å²) in [5, 5.41) is 18.1. The molecule has 0 bridgehead atoms. The van der Waals surface area contributed by atoms with Crippen LogP contribution in [0.4, 0.5) is 0 Å². The molecule has 2 atom stereocenters. The van der Waals surface area contributed by atoms with Crippen molar-refractivity contribution in [1.29, 1.82) is 0 Å². The number of aryl methyl sites for hydroxylation is 1. The maximum Gasteiger partial charge on any atom is 0.326 e. The van der Waals surface area contributed by atoms with E-state index in [0.29, 0.717) is 11.5 Å². The van der Waals surface area contributed by atoms with Gasteiger partial charge in [-0.2, -0.15) is 0 Å². The zero-order valence-electron chi connectivity index (χ0n) is 8.43. The molecule has 2 unspecified atom stereocenters. The summed E-state index contributed by atoms with van der Waals surface area (Å²) in [4.78, 5) is 14.8. The first-order valence-corrected chi connectivity index (χ1v) is 4.39. The van der Waals surface area contributed by atoms with Crippen LogP contribution in [-0.2, 0) is 4.79 Å². The SMILES string of the molecule is Cc1nc(C(C)O)cn1C(C)C(=O)O. The largest absolute Gasteiger partial charge is 0.480 e. The van der Waals surface area contributed by atoms with Crippen molar-refractivity contribution < 1.29 is 15.0 Å². The molecular weight excluding hydrogens is 184 g/mol. The number of rotatable bonds is 3. The molecular formula is C9H14N2O3. The van der Waals surface area contributed by atoms with Crippen LogP contribution in [0.1, 0.15) is 37.5 Å². The number of nitrogens with zero attached hydrogens (tertiary/aromatic N) is 2. The number of aliphatic hydroxyl groups is 1. The molecule has 1 heterocycles. The Kier molecular flexibility index (Phi) is 2.90. The second-order valence-electron chi connectivity index (χ2n) is 3.31. The van der Waals surface area contributed by atoms with Gasteiger partial charge in [0.05, 0.1) is 11.8 Å². The molecule has 1 rings (SSSR count). The van der Waals surface area contributed by atoms with Crippen molar-refractivity contribution in [1.82, 2.24) is 9.55 Å². The fourth-order valence-electron chi connectivity index (χ4n) is 1.22. The molecule has 0 aliphatic heterocycles. The first kappa shape index (κ1) is 10.7. The second-order valence-corrected chi connectivity index (χ2v) is 3.31. The number of hydrogen-bond acceptors (Lipinski definition) is 3. The van der Waals surface area contributed by atoms with Crippen LogP contribution in [0.25, 0.3) is 0 Å². The third kappa shape index (κ3) is 1.93. The fraction of sp³-hybridized carbons (Fsp3) is 0.556. The number of imidazole rings is 1. The van der Waals surface area contributed by atoms with Gasteiger partial charge in [0, 0.05) is 6.20 Å². The molecule has 2 N–H and O–H groups in total. The van der Waals surface area contributed by atoms with Crippen LogP contribution < -0.4 is 0 Å². The topological polar surface area (TPSA) is 75.4 Å². The number of carboxylic acid groups (broad SMARTS) is 1. The zero-order valence-corrected chi connectivity index (χ0v) is 8.43. The molecule has 5 nitrogen and oxygen atoms in total. The summed E-state index contributed by atoms with van der Waals surface area (Å²) in [5.41, 5.74) is 0.496. The summed E-state index contributed by atoms with van der Waals surface area (Å²) in [7, 11) is 0. The van der Waals surface area contributed by atoms with Crippen LogP contribution >= 0.6 is 0 Å². The Morgan fingerprint density at radius 1 is 1.57 bits per heavy atom. The minimum Gasteiger partial charge on any atom is -0.480 e. The predicted octanol–water partition coefficient (Wildman–Crippen LogP) is 0.890. The lowest BCUT2D eigenvalue weighted by Gasteiger charge is -2.08. The molecule has 0 aliphatic rings. The van der Waals surface area contributed by atoms with E-state index in [1.807, 2.05) is 0 Å². The van der Waals surface area contributed by atoms with Crippen LogP contribution in [0.15, 0.2) is 6.20 Å². The minimum absolute atomic E-state index is 0.496. The monoisotopic (exact) mass is 198 g/mol. The Hall–Kier alpha value is -1.36. The normalized spacial score (nSPS) is 15.1. The number of aliphatic hydroxyl groups excluding tert-OH is 1. The standard InChI is InChI=1S/C9H14N2O3/c1-5(9(13)14)11-4-8(6(2)12)10-7(11)3/h4-6,12H,1-3H3,(H,13,14). The molecule has 0 saturated heterocycles. The van der Waals surface area contributed by atoms with Crippen LogP contribution in [0.2, 0.25) is 0 Å². The lowest BCUT2D eigenvalue weighted by molar-refractivity contribution is -0.140. The highest BCUT2D eigenvalue weighted by Crippen LogP contribution is 2.16. The molecule has 0 aromatic carbocycles. The van der Waals surface area contributed by atoms with E-state index in [4.69, 9.17) is 5.11 Å². The van der Waals surface area contributed by atoms with E-state index in [1.54, 1.807) is 27.0 Å². The summed E-state index contributed by atoms with van der Waals surface area (Å²) >= 11 is 0. The molecule has 0 amide bonds. The van der Waals surface area contributed by atoms with E-state index in [2.05, 4.69) is 4.98 Å². The van der Waals surface area contributed by atoms with E-state index in [1.165, 1.54) is 4.57 Å². The van der Waals surface area contributed by atoms with Crippen LogP contribution in [0.3, 0.4) is 0 Å². The Morgan fingerprint density at radius 3 is 2.50 bits per heavy atom. The lowest BCUT2D eigenvalue weighted by Crippen LogP contribution is -2.15. The van der Waals surface area contributed by atoms with Gasteiger partial charge in [-0.05, 0) is 20.8 Å². The van der Waals surface area contributed by atoms with Gasteiger partial charge in [-0.25, -0.2) is 9.78 Å². The van der Waals surface area contributed by atoms with Gasteiger partial charge in [0.15, 0.2) is 0 Å². The summed E-state index contributed by atoms with van der Waals surface area (Å²) in [6, 6.07) is -0.657. The number of aliphatic carboxylic acids is 1. The van der Waals surface area contributed by atoms with Gasteiger partial charge < -0.3 is 14.8 Å². The van der Waals surface area contributed by atoms with Crippen LogP contribution in [-0.4, -0.2) is 25.7 Å². The molecule has 78 valence electrons. The number of hydrogen-bond donors (Lipinski definition) is 2. The molecule has 0 radical (unpaired) electrons. The average Bonchev–Trinajstić information content (AvgIpc) is 2.46. The first-order valence-electron chi connectivity index (χ1n) is 4.39. The van der Waals surface area contributed by atoms with Crippen molar-refractivity contribution in [3.63, 3.8) is 0 Å². The molecule has 0 spiro atoms. The number of carboxylic acids is 1. The fourth-order valence-corrected chi connectivity index (χ4v) is 1.22. The Morgan fingerprint density at radius 2 is 2.14 bits per heavy atom. The van der Waals surface area contributed by atoms with Crippen molar-refractivity contribution in [2.24, 2.45) is 0 Å². The van der Waals surface area contributed by atoms with E-state index in [9.17, 15) is 9.90 Å². The molecule has 14 heavy (non-hydrogen) atoms. The summed E-state index contributed by atoms with van der Waals surface area (Å²) in [6.45, 7) is 4.88. The smallest absolute Gasteiger partial charge is 0.326 e. The second kappa shape index (κ2) is 3.79. The quantitative estimate of drug-likeness (QED) is 0.756. The molecule has 0 saturated carbocycles. The summed E-state index contributed by atoms with van der Waals surface area (Å²) in [5.74, 6) is -0.321. The van der Waals surface area contributed by atoms with Gasteiger partial charge in [0.1, 0.15) is 11.9 Å². The van der Waals surface area contributed by atoms with Crippen LogP contribution in [0, 0.1) is 6.92 Å². The van der Waals surface area contributed by atoms with Gasteiger partial charge in [-0.1, -0.05) is 0 Å². The maximum atomic E-state index is 10.7. The molecule has 0 aliphatic carbocycles. The van der Waals surface area contributed by atoms with E-state index >= 15 is 0 Å². The Bertz CT molecular complexity index is 344. The average molecular weight is 198 g/mol. The third-order valence-corrected chi connectivity index (χ3v) is 2.14. The van der Waals surface area contributed by atoms with Gasteiger partial charge in [0.2, 0.25) is 0 Å². The summed E-state index contributed by atoms with van der Waals surface area (Å²) in [6.07, 6.45) is 0.898. The third-order valence-electron chi connectivity index (χ3n) is 2.14. The Balaban J connectivity index is 3.04. The van der Waals surface area contributed by atoms with Gasteiger partial charge in [-0.15, -0.1) is 0 Å². The van der Waals surface area contributed by atoms with Crippen molar-refractivity contribution in [2.45, 2.75) is 32.9 Å². The summed E-state index contributed by atoms with van der Waals surface area (Å²) < 4.78 is 1.53. The van der Waals surface area contributed by atoms with Crippen molar-refractivity contribution in [3.8, 4) is 0 Å². The van der Waals surface area contributed by atoms with E-state index < -0.39 is 18.1 Å². The van der Waals surface area contributed by atoms with Crippen molar-refractivity contribution in [2.75, 3.05) is 0 Å². The van der Waals surface area contributed by atoms with Gasteiger partial charge in [0.25, 0.3) is 0 Å². The first-order chi connectivity index (χ1) is 6.43. The van der Waals surface area contributed by atoms with Gasteiger partial charge in [-0.3, -0.25) is 0 Å². The predicted molar refractivity (Wildman–Crippen MR) is 49.9 cm³/mol. The van der Waals surface area contributed by atoms with Crippen LogP contribution in [0.5, 0.6) is 0 Å². The highest BCUT2D eigenvalue weighted by atomic mass is 16.4. The molecule has 1 aromatic heterocycles.